The second kappa shape index (κ2) is 14.0. The Morgan fingerprint density at radius 1 is 1.12 bits per heavy atom. The van der Waals surface area contributed by atoms with E-state index in [0.717, 1.165) is 71.9 Å². The molecule has 1 fully saturated rings. The van der Waals surface area contributed by atoms with E-state index in [1.54, 1.807) is 18.4 Å². The Hall–Kier alpha value is -1.68. The Balaban J connectivity index is 0.00000193. The lowest BCUT2D eigenvalue weighted by molar-refractivity contribution is 0.0963. The van der Waals surface area contributed by atoms with Crippen LogP contribution in [0.3, 0.4) is 0 Å². The molecule has 1 amide bonds. The molecule has 1 aliphatic rings. The summed E-state index contributed by atoms with van der Waals surface area (Å²) in [6.45, 7) is 8.59. The molecule has 7 nitrogen and oxygen atoms in total. The first-order valence-electron chi connectivity index (χ1n) is 10.8. The summed E-state index contributed by atoms with van der Waals surface area (Å²) in [4.78, 5) is 27.2. The van der Waals surface area contributed by atoms with Gasteiger partial charge in [0.2, 0.25) is 5.95 Å². The van der Waals surface area contributed by atoms with Crippen LogP contribution in [0.4, 0.5) is 5.95 Å². The van der Waals surface area contributed by atoms with Gasteiger partial charge in [0, 0.05) is 56.2 Å². The lowest BCUT2D eigenvalue weighted by Gasteiger charge is -2.32. The van der Waals surface area contributed by atoms with Crippen LogP contribution < -0.4 is 10.6 Å². The number of aromatic nitrogens is 2. The van der Waals surface area contributed by atoms with Crippen LogP contribution in [0.25, 0.3) is 20.7 Å². The molecule has 0 saturated carbocycles. The van der Waals surface area contributed by atoms with E-state index in [1.807, 2.05) is 31.3 Å². The highest BCUT2D eigenvalue weighted by Gasteiger charge is 2.14. The van der Waals surface area contributed by atoms with Crippen molar-refractivity contribution in [2.24, 2.45) is 0 Å². The Morgan fingerprint density at radius 2 is 1.85 bits per heavy atom. The molecular formula is C23H33Cl3N6OS. The molecule has 0 atom stereocenters. The molecule has 2 N–H and O–H groups in total. The minimum atomic E-state index is -0.0712. The first-order valence-corrected chi connectivity index (χ1v) is 11.6. The molecule has 3 heterocycles. The standard InChI is InChI=1S/C23H30N6OS.3ClH/c1-16-15-26-23(25-7-4-8-29-11-9-28(3)10-12-29)27-21(16)20-13-17-5-6-18(22(30)24-2)14-19(17)31-20;;;/h5-6,13-15H,4,7-12H2,1-3H3,(H,24,30)(H,25,26,27);3*1H. The van der Waals surface area contributed by atoms with E-state index in [9.17, 15) is 4.79 Å². The quantitative estimate of drug-likeness (QED) is 0.429. The van der Waals surface area contributed by atoms with Crippen molar-refractivity contribution in [3.63, 3.8) is 0 Å². The van der Waals surface area contributed by atoms with Crippen LogP contribution in [-0.4, -0.2) is 79.0 Å². The molecule has 1 saturated heterocycles. The first kappa shape index (κ1) is 30.4. The fourth-order valence-corrected chi connectivity index (χ4v) is 4.94. The maximum Gasteiger partial charge on any atom is 0.251 e. The van der Waals surface area contributed by atoms with Gasteiger partial charge in [0.1, 0.15) is 0 Å². The number of hydrogen-bond donors (Lipinski definition) is 2. The zero-order chi connectivity index (χ0) is 21.8. The van der Waals surface area contributed by atoms with Crippen LogP contribution >= 0.6 is 48.6 Å². The Morgan fingerprint density at radius 3 is 2.56 bits per heavy atom. The Labute approximate surface area is 223 Å². The van der Waals surface area contributed by atoms with Crippen molar-refractivity contribution in [2.75, 3.05) is 58.7 Å². The molecule has 34 heavy (non-hydrogen) atoms. The zero-order valence-electron chi connectivity index (χ0n) is 19.7. The van der Waals surface area contributed by atoms with Gasteiger partial charge in [0.25, 0.3) is 5.91 Å². The summed E-state index contributed by atoms with van der Waals surface area (Å²) in [6.07, 6.45) is 2.95. The van der Waals surface area contributed by atoms with Gasteiger partial charge in [-0.2, -0.15) is 0 Å². The minimum Gasteiger partial charge on any atom is -0.355 e. The largest absolute Gasteiger partial charge is 0.355 e. The van der Waals surface area contributed by atoms with Gasteiger partial charge >= 0.3 is 0 Å². The number of carbonyl (C=O) groups excluding carboxylic acids is 1. The second-order valence-corrected chi connectivity index (χ2v) is 9.18. The summed E-state index contributed by atoms with van der Waals surface area (Å²) in [6, 6.07) is 7.93. The average molecular weight is 548 g/mol. The van der Waals surface area contributed by atoms with Crippen LogP contribution in [-0.2, 0) is 0 Å². The van der Waals surface area contributed by atoms with E-state index in [1.165, 1.54) is 0 Å². The van der Waals surface area contributed by atoms with Crippen LogP contribution in [0.5, 0.6) is 0 Å². The zero-order valence-corrected chi connectivity index (χ0v) is 22.9. The molecule has 3 aromatic rings. The maximum atomic E-state index is 11.9. The number of carbonyl (C=O) groups is 1. The number of nitrogens with one attached hydrogen (secondary N) is 2. The maximum absolute atomic E-state index is 11.9. The molecule has 0 spiro atoms. The molecule has 0 radical (unpaired) electrons. The molecule has 1 aromatic carbocycles. The number of fused-ring (bicyclic) bond motifs is 1. The molecule has 2 aromatic heterocycles. The minimum absolute atomic E-state index is 0. The van der Waals surface area contributed by atoms with E-state index >= 15 is 0 Å². The summed E-state index contributed by atoms with van der Waals surface area (Å²) in [5, 5.41) is 7.19. The third kappa shape index (κ3) is 7.41. The second-order valence-electron chi connectivity index (χ2n) is 8.09. The lowest BCUT2D eigenvalue weighted by atomic mass is 10.1. The lowest BCUT2D eigenvalue weighted by Crippen LogP contribution is -2.44. The van der Waals surface area contributed by atoms with Crippen molar-refractivity contribution < 1.29 is 4.79 Å². The van der Waals surface area contributed by atoms with Crippen molar-refractivity contribution >= 4 is 70.5 Å². The number of rotatable bonds is 7. The van der Waals surface area contributed by atoms with Gasteiger partial charge in [-0.1, -0.05) is 6.07 Å². The number of aryl methyl sites for hydroxylation is 1. The van der Waals surface area contributed by atoms with Gasteiger partial charge in [-0.25, -0.2) is 9.97 Å². The number of anilines is 1. The number of hydrogen-bond acceptors (Lipinski definition) is 7. The molecule has 1 aliphatic heterocycles. The topological polar surface area (TPSA) is 73.4 Å². The fourth-order valence-electron chi connectivity index (χ4n) is 3.78. The van der Waals surface area contributed by atoms with E-state index in [-0.39, 0.29) is 43.1 Å². The third-order valence-electron chi connectivity index (χ3n) is 5.74. The number of likely N-dealkylation sites (N-methyl/N-ethyl adjacent to an activating group) is 1. The normalized spacial score (nSPS) is 14.0. The van der Waals surface area contributed by atoms with Crippen molar-refractivity contribution in [1.29, 1.82) is 0 Å². The number of benzene rings is 1. The van der Waals surface area contributed by atoms with E-state index < -0.39 is 0 Å². The molecule has 11 heteroatoms. The summed E-state index contributed by atoms with van der Waals surface area (Å²) in [7, 11) is 3.83. The Bertz CT molecular complexity index is 1070. The van der Waals surface area contributed by atoms with Gasteiger partial charge in [-0.05, 0) is 56.1 Å². The Kier molecular flexibility index (Phi) is 12.5. The molecule has 4 rings (SSSR count). The highest BCUT2D eigenvalue weighted by atomic mass is 35.5. The predicted octanol–water partition coefficient (Wildman–Crippen LogP) is 4.34. The van der Waals surface area contributed by atoms with Gasteiger partial charge in [-0.15, -0.1) is 48.6 Å². The van der Waals surface area contributed by atoms with Crippen LogP contribution in [0.2, 0.25) is 0 Å². The van der Waals surface area contributed by atoms with Gasteiger partial charge < -0.3 is 20.4 Å². The third-order valence-corrected chi connectivity index (χ3v) is 6.85. The average Bonchev–Trinajstić information content (AvgIpc) is 3.21. The first-order chi connectivity index (χ1) is 15.0. The van der Waals surface area contributed by atoms with Crippen LogP contribution in [0.1, 0.15) is 22.3 Å². The number of piperazine rings is 1. The highest BCUT2D eigenvalue weighted by molar-refractivity contribution is 7.22. The van der Waals surface area contributed by atoms with Crippen molar-refractivity contribution in [2.45, 2.75) is 13.3 Å². The van der Waals surface area contributed by atoms with Gasteiger partial charge in [0.05, 0.1) is 10.6 Å². The van der Waals surface area contributed by atoms with E-state index in [2.05, 4.69) is 38.5 Å². The monoisotopic (exact) mass is 546 g/mol. The SMILES string of the molecule is CNC(=O)c1ccc2cc(-c3nc(NCCCN4CCN(C)CC4)ncc3C)sc2c1.Cl.Cl.Cl. The summed E-state index contributed by atoms with van der Waals surface area (Å²) in [5.74, 6) is 0.598. The number of thiophene rings is 1. The van der Waals surface area contributed by atoms with Crippen LogP contribution in [0, 0.1) is 6.92 Å². The van der Waals surface area contributed by atoms with Crippen molar-refractivity contribution in [3.8, 4) is 10.6 Å². The number of amides is 1. The smallest absolute Gasteiger partial charge is 0.251 e. The van der Waals surface area contributed by atoms with E-state index in [4.69, 9.17) is 4.98 Å². The van der Waals surface area contributed by atoms with Gasteiger partial charge in [-0.3, -0.25) is 4.79 Å². The molecule has 188 valence electrons. The summed E-state index contributed by atoms with van der Waals surface area (Å²) >= 11 is 1.65. The van der Waals surface area contributed by atoms with E-state index in [0.29, 0.717) is 11.5 Å². The fraction of sp³-hybridized carbons (Fsp3) is 0.435. The summed E-state index contributed by atoms with van der Waals surface area (Å²) < 4.78 is 1.08. The van der Waals surface area contributed by atoms with Gasteiger partial charge in [0.15, 0.2) is 0 Å². The van der Waals surface area contributed by atoms with Crippen molar-refractivity contribution in [3.05, 3.63) is 41.6 Å². The molecule has 0 unspecified atom stereocenters. The number of nitrogens with zero attached hydrogens (tertiary/aromatic N) is 4. The van der Waals surface area contributed by atoms with Crippen LogP contribution in [0.15, 0.2) is 30.5 Å². The molecular weight excluding hydrogens is 515 g/mol. The highest BCUT2D eigenvalue weighted by Crippen LogP contribution is 2.34. The predicted molar refractivity (Wildman–Crippen MR) is 150 cm³/mol. The van der Waals surface area contributed by atoms with Crippen molar-refractivity contribution in [1.82, 2.24) is 25.1 Å². The summed E-state index contributed by atoms with van der Waals surface area (Å²) in [5.41, 5.74) is 2.66. The number of halogens is 3. The molecule has 0 bridgehead atoms. The molecule has 0 aliphatic carbocycles.